The van der Waals surface area contributed by atoms with Crippen LogP contribution in [0.15, 0.2) is 303 Å². The second-order valence-corrected chi connectivity index (χ2v) is 21.1. The third-order valence-electron chi connectivity index (χ3n) is 15.5. The number of benzene rings is 12. The first kappa shape index (κ1) is 50.4. The van der Waals surface area contributed by atoms with Crippen LogP contribution in [0.25, 0.3) is 151 Å². The summed E-state index contributed by atoms with van der Waals surface area (Å²) < 4.78 is 2.05. The van der Waals surface area contributed by atoms with E-state index in [4.69, 9.17) is 35.0 Å². The molecule has 398 valence electrons. The van der Waals surface area contributed by atoms with Crippen molar-refractivity contribution < 1.29 is 0 Å². The predicted molar refractivity (Wildman–Crippen MR) is 345 cm³/mol. The van der Waals surface area contributed by atoms with Gasteiger partial charge in [-0.05, 0) is 127 Å². The van der Waals surface area contributed by atoms with Gasteiger partial charge in [0.25, 0.3) is 0 Å². The Morgan fingerprint density at radius 1 is 0.188 bits per heavy atom. The smallest absolute Gasteiger partial charge is 0.164 e. The Morgan fingerprint density at radius 3 is 0.859 bits per heavy atom. The minimum absolute atomic E-state index is 0.622. The highest BCUT2D eigenvalue weighted by Crippen LogP contribution is 2.36. The Kier molecular flexibility index (Phi) is 13.1. The number of hydrogen-bond donors (Lipinski definition) is 0. The van der Waals surface area contributed by atoms with E-state index in [0.29, 0.717) is 34.9 Å². The molecule has 8 nitrogen and oxygen atoms in total. The van der Waals surface area contributed by atoms with Gasteiger partial charge in [-0.15, -0.1) is 0 Å². The third kappa shape index (κ3) is 10.3. The highest BCUT2D eigenvalue weighted by molar-refractivity contribution is 5.99. The van der Waals surface area contributed by atoms with Crippen LogP contribution in [-0.4, -0.2) is 39.7 Å². The molecule has 0 saturated heterocycles. The monoisotopic (exact) mass is 1090 g/mol. The van der Waals surface area contributed by atoms with E-state index in [-0.39, 0.29) is 0 Å². The fourth-order valence-electron chi connectivity index (χ4n) is 11.2. The predicted octanol–water partition coefficient (Wildman–Crippen LogP) is 18.9. The van der Waals surface area contributed by atoms with E-state index in [0.717, 1.165) is 116 Å². The molecule has 0 saturated carbocycles. The van der Waals surface area contributed by atoms with Crippen LogP contribution >= 0.6 is 0 Å². The van der Waals surface area contributed by atoms with Gasteiger partial charge in [0, 0.05) is 38.8 Å². The summed E-state index contributed by atoms with van der Waals surface area (Å²) in [5.41, 5.74) is 18.7. The molecule has 12 aromatic carbocycles. The normalized spacial score (nSPS) is 11.3. The lowest BCUT2D eigenvalue weighted by atomic mass is 9.95. The molecule has 0 aliphatic rings. The second-order valence-electron chi connectivity index (χ2n) is 21.1. The van der Waals surface area contributed by atoms with Crippen molar-refractivity contribution in [2.24, 2.45) is 0 Å². The first-order valence-electron chi connectivity index (χ1n) is 28.3. The van der Waals surface area contributed by atoms with Gasteiger partial charge in [-0.2, -0.15) is 5.10 Å². The van der Waals surface area contributed by atoms with Gasteiger partial charge in [-0.1, -0.05) is 237 Å². The highest BCUT2D eigenvalue weighted by Gasteiger charge is 2.17. The second kappa shape index (κ2) is 22.0. The number of rotatable bonds is 12. The van der Waals surface area contributed by atoms with Crippen LogP contribution in [0.2, 0.25) is 0 Å². The van der Waals surface area contributed by atoms with Crippen LogP contribution in [0.4, 0.5) is 0 Å². The summed E-state index contributed by atoms with van der Waals surface area (Å²) in [5, 5.41) is 8.34. The van der Waals surface area contributed by atoms with E-state index in [9.17, 15) is 0 Å². The van der Waals surface area contributed by atoms with Crippen molar-refractivity contribution >= 4 is 21.7 Å². The van der Waals surface area contributed by atoms with Gasteiger partial charge >= 0.3 is 0 Å². The first-order chi connectivity index (χ1) is 42.0. The summed E-state index contributed by atoms with van der Waals surface area (Å²) in [6.45, 7) is 0. The van der Waals surface area contributed by atoms with Gasteiger partial charge in [0.05, 0.1) is 17.4 Å². The SMILES string of the molecule is c1ccc(-c2nc(-c3ccccc3)nc(-c3cccc(-c4cccc(-c5cccc(-c6ccc7cc8c(cnn8-c8cccc(-c9cccc(-c%10cccc(-c%11nc(-c%12ccccc%12)nc(-c%12ccccc%12)n%11)c%10)c9)c8)cc7c6)c5)c4)c3)n2)cc1. The van der Waals surface area contributed by atoms with Crippen LogP contribution in [-0.2, 0) is 0 Å². The van der Waals surface area contributed by atoms with Gasteiger partial charge in [0.15, 0.2) is 34.9 Å². The Labute approximate surface area is 491 Å². The molecule has 0 spiro atoms. The van der Waals surface area contributed by atoms with E-state index < -0.39 is 0 Å². The first-order valence-corrected chi connectivity index (χ1v) is 28.3. The summed E-state index contributed by atoms with van der Waals surface area (Å²) in [6, 6.07) is 103. The molecule has 0 aliphatic heterocycles. The Hall–Kier alpha value is -11.6. The van der Waals surface area contributed by atoms with Crippen molar-refractivity contribution in [3.8, 4) is 130 Å². The lowest BCUT2D eigenvalue weighted by Crippen LogP contribution is -2.00. The summed E-state index contributed by atoms with van der Waals surface area (Å²) >= 11 is 0. The van der Waals surface area contributed by atoms with Crippen molar-refractivity contribution in [1.82, 2.24) is 39.7 Å². The van der Waals surface area contributed by atoms with Crippen LogP contribution in [0, 0.1) is 0 Å². The molecule has 15 aromatic rings. The summed E-state index contributed by atoms with van der Waals surface area (Å²) in [6.07, 6.45) is 1.97. The molecular formula is C77H50N8. The zero-order chi connectivity index (χ0) is 56.5. The molecule has 0 fully saturated rings. The van der Waals surface area contributed by atoms with Crippen LogP contribution < -0.4 is 0 Å². The molecule has 3 heterocycles. The number of fused-ring (bicyclic) bond motifs is 2. The minimum atomic E-state index is 0.622. The average Bonchev–Trinajstić information content (AvgIpc) is 3.49. The van der Waals surface area contributed by atoms with Crippen molar-refractivity contribution in [3.63, 3.8) is 0 Å². The highest BCUT2D eigenvalue weighted by atomic mass is 15.3. The summed E-state index contributed by atoms with van der Waals surface area (Å²) in [5.74, 6) is 3.79. The van der Waals surface area contributed by atoms with Crippen LogP contribution in [0.3, 0.4) is 0 Å². The number of aromatic nitrogens is 8. The van der Waals surface area contributed by atoms with E-state index in [1.54, 1.807) is 0 Å². The van der Waals surface area contributed by atoms with Crippen molar-refractivity contribution in [3.05, 3.63) is 303 Å². The molecule has 0 aliphatic carbocycles. The van der Waals surface area contributed by atoms with Gasteiger partial charge in [-0.25, -0.2) is 34.6 Å². The summed E-state index contributed by atoms with van der Waals surface area (Å²) in [7, 11) is 0. The molecule has 0 N–H and O–H groups in total. The van der Waals surface area contributed by atoms with E-state index >= 15 is 0 Å². The maximum absolute atomic E-state index is 5.00. The average molecular weight is 1090 g/mol. The van der Waals surface area contributed by atoms with Crippen LogP contribution in [0.1, 0.15) is 0 Å². The Morgan fingerprint density at radius 2 is 0.482 bits per heavy atom. The van der Waals surface area contributed by atoms with Gasteiger partial charge < -0.3 is 0 Å². The maximum atomic E-state index is 5.00. The zero-order valence-electron chi connectivity index (χ0n) is 45.9. The quantitative estimate of drug-likeness (QED) is 0.120. The molecule has 8 heteroatoms. The molecule has 0 radical (unpaired) electrons. The fraction of sp³-hybridized carbons (Fsp3) is 0. The fourth-order valence-corrected chi connectivity index (χ4v) is 11.2. The summed E-state index contributed by atoms with van der Waals surface area (Å²) in [4.78, 5) is 29.8. The topological polar surface area (TPSA) is 95.2 Å². The van der Waals surface area contributed by atoms with E-state index in [1.165, 1.54) is 0 Å². The minimum Gasteiger partial charge on any atom is -0.233 e. The maximum Gasteiger partial charge on any atom is 0.164 e. The van der Waals surface area contributed by atoms with E-state index in [1.807, 2.05) is 132 Å². The molecule has 3 aromatic heterocycles. The largest absolute Gasteiger partial charge is 0.233 e. The van der Waals surface area contributed by atoms with Crippen LogP contribution in [0.5, 0.6) is 0 Å². The third-order valence-corrected chi connectivity index (χ3v) is 15.5. The zero-order valence-corrected chi connectivity index (χ0v) is 45.9. The Bertz CT molecular complexity index is 4830. The van der Waals surface area contributed by atoms with Gasteiger partial charge in [-0.3, -0.25) is 0 Å². The van der Waals surface area contributed by atoms with Crippen molar-refractivity contribution in [1.29, 1.82) is 0 Å². The van der Waals surface area contributed by atoms with Crippen molar-refractivity contribution in [2.75, 3.05) is 0 Å². The molecule has 15 rings (SSSR count). The number of nitrogens with zero attached hydrogens (tertiary/aromatic N) is 8. The molecular weight excluding hydrogens is 1040 g/mol. The lowest BCUT2D eigenvalue weighted by molar-refractivity contribution is 0.911. The molecule has 0 atom stereocenters. The standard InChI is InChI=1S/C77H50N8/c1-5-19-51(20-6-1)72-79-73(52-21-7-2-8-22-52)82-76(81-72)66-36-16-33-61(44-66)57-29-13-27-55(41-57)56-28-15-32-60(43-56)64-39-40-65-49-71-69(47-68(65)46-64)50-78-85(71)70-38-18-35-63(48-70)59-31-14-30-58(42-59)62-34-17-37-67(45-62)77-83-74(53-23-9-3-10-24-53)80-75(84-77)54-25-11-4-12-26-54/h1-50H. The lowest BCUT2D eigenvalue weighted by Gasteiger charge is -2.11. The number of hydrogen-bond acceptors (Lipinski definition) is 7. The van der Waals surface area contributed by atoms with Gasteiger partial charge in [0.1, 0.15) is 0 Å². The van der Waals surface area contributed by atoms with Crippen molar-refractivity contribution in [2.45, 2.75) is 0 Å². The van der Waals surface area contributed by atoms with E-state index in [2.05, 4.69) is 176 Å². The molecule has 85 heavy (non-hydrogen) atoms. The molecule has 0 bridgehead atoms. The molecule has 0 unspecified atom stereocenters. The molecule has 0 amide bonds. The van der Waals surface area contributed by atoms with Gasteiger partial charge in [0.2, 0.25) is 0 Å². The Balaban J connectivity index is 0.686.